The summed E-state index contributed by atoms with van der Waals surface area (Å²) in [5.74, 6) is 0. The van der Waals surface area contributed by atoms with Crippen LogP contribution in [0, 0.1) is 0 Å². The molecule has 1 rings (SSSR count). The largest absolute Gasteiger partial charge is 0.383 e. The van der Waals surface area contributed by atoms with Crippen LogP contribution in [0.4, 0.5) is 0 Å². The van der Waals surface area contributed by atoms with Crippen molar-refractivity contribution in [3.63, 3.8) is 0 Å². The van der Waals surface area contributed by atoms with Gasteiger partial charge in [-0.3, -0.25) is 0 Å². The summed E-state index contributed by atoms with van der Waals surface area (Å²) in [5.41, 5.74) is 0. The molecule has 0 saturated carbocycles. The predicted molar refractivity (Wildman–Crippen MR) is 26.0 cm³/mol. The topological polar surface area (TPSA) is 12.5 Å². The normalized spacial score (nSPS) is 29.8. The van der Waals surface area contributed by atoms with Gasteiger partial charge in [0, 0.05) is 6.00 Å². The van der Waals surface area contributed by atoms with Crippen LogP contribution in [0.1, 0.15) is 6.92 Å². The van der Waals surface area contributed by atoms with Gasteiger partial charge in [0.2, 0.25) is 0 Å². The minimum atomic E-state index is 0.523. The summed E-state index contributed by atoms with van der Waals surface area (Å²) in [6.45, 7) is 3.09. The first kappa shape index (κ1) is 4.19. The van der Waals surface area contributed by atoms with Crippen molar-refractivity contribution in [3.8, 4) is 0 Å². The Labute approximate surface area is 38.9 Å². The first-order valence-electron chi connectivity index (χ1n) is 2.38. The molecule has 1 aliphatic heterocycles. The van der Waals surface area contributed by atoms with Gasteiger partial charge in [0.15, 0.2) is 7.28 Å². The minimum absolute atomic E-state index is 0.523. The van der Waals surface area contributed by atoms with Crippen molar-refractivity contribution in [3.05, 3.63) is 0 Å². The van der Waals surface area contributed by atoms with Gasteiger partial charge in [-0.15, -0.1) is 0 Å². The molecule has 0 aromatic carbocycles. The van der Waals surface area contributed by atoms with Crippen molar-refractivity contribution in [1.29, 1.82) is 0 Å². The number of epoxide rings is 1. The lowest BCUT2D eigenvalue weighted by Gasteiger charge is -1.76. The molecule has 0 spiro atoms. The van der Waals surface area contributed by atoms with Gasteiger partial charge in [0.1, 0.15) is 0 Å². The van der Waals surface area contributed by atoms with Gasteiger partial charge in [-0.05, 0) is 0 Å². The molecule has 1 aliphatic rings. The number of rotatable bonds is 2. The first-order valence-corrected chi connectivity index (χ1v) is 2.38. The van der Waals surface area contributed by atoms with Crippen molar-refractivity contribution in [1.82, 2.24) is 0 Å². The van der Waals surface area contributed by atoms with Gasteiger partial charge >= 0.3 is 0 Å². The van der Waals surface area contributed by atoms with Gasteiger partial charge in [-0.1, -0.05) is 13.2 Å². The van der Waals surface area contributed by atoms with E-state index in [9.17, 15) is 0 Å². The molecule has 1 nitrogen and oxygen atoms in total. The number of hydrogen-bond donors (Lipinski definition) is 0. The molecule has 1 atom stereocenters. The lowest BCUT2D eigenvalue weighted by molar-refractivity contribution is 0.454. The van der Waals surface area contributed by atoms with Gasteiger partial charge in [-0.25, -0.2) is 0 Å². The van der Waals surface area contributed by atoms with Crippen LogP contribution in [0.25, 0.3) is 0 Å². The standard InChI is InChI=1S/C4H8BO/c1-2-5-4-3-6-4/h4H,2-3H2,1H3. The monoisotopic (exact) mass is 83.1 g/mol. The molecule has 0 bridgehead atoms. The van der Waals surface area contributed by atoms with E-state index in [1.165, 1.54) is 0 Å². The zero-order chi connectivity index (χ0) is 4.41. The molecule has 1 unspecified atom stereocenters. The third-order valence-corrected chi connectivity index (χ3v) is 0.858. The average molecular weight is 82.9 g/mol. The summed E-state index contributed by atoms with van der Waals surface area (Å²) in [4.78, 5) is 0. The van der Waals surface area contributed by atoms with E-state index in [0.717, 1.165) is 12.9 Å². The first-order chi connectivity index (χ1) is 2.93. The van der Waals surface area contributed by atoms with E-state index in [-0.39, 0.29) is 0 Å². The molecule has 1 radical (unpaired) electrons. The Bertz CT molecular complexity index is 42.8. The van der Waals surface area contributed by atoms with E-state index in [1.807, 2.05) is 0 Å². The predicted octanol–water partition coefficient (Wildman–Crippen LogP) is 0.485. The molecule has 0 aliphatic carbocycles. The maximum absolute atomic E-state index is 4.89. The lowest BCUT2D eigenvalue weighted by Crippen LogP contribution is -1.95. The smallest absolute Gasteiger partial charge is 0.152 e. The quantitative estimate of drug-likeness (QED) is 0.349. The Morgan fingerprint density at radius 2 is 2.67 bits per heavy atom. The molecule has 1 heterocycles. The fourth-order valence-corrected chi connectivity index (χ4v) is 0.455. The van der Waals surface area contributed by atoms with Gasteiger partial charge in [0.05, 0.1) is 6.61 Å². The Morgan fingerprint density at radius 3 is 2.83 bits per heavy atom. The van der Waals surface area contributed by atoms with Crippen LogP contribution >= 0.6 is 0 Å². The Hall–Kier alpha value is 0.0249. The van der Waals surface area contributed by atoms with Crippen LogP contribution in [0.3, 0.4) is 0 Å². The highest BCUT2D eigenvalue weighted by Gasteiger charge is 2.20. The van der Waals surface area contributed by atoms with Crippen molar-refractivity contribution in [2.75, 3.05) is 6.61 Å². The van der Waals surface area contributed by atoms with Crippen LogP contribution in [0.5, 0.6) is 0 Å². The molecule has 1 saturated heterocycles. The molecule has 33 valence electrons. The fraction of sp³-hybridized carbons (Fsp3) is 1.00. The highest BCUT2D eigenvalue weighted by Crippen LogP contribution is 2.06. The molecule has 0 amide bonds. The summed E-state index contributed by atoms with van der Waals surface area (Å²) in [6, 6.07) is 0.523. The Balaban J connectivity index is 1.88. The minimum Gasteiger partial charge on any atom is -0.383 e. The van der Waals surface area contributed by atoms with Crippen molar-refractivity contribution >= 4 is 7.28 Å². The second-order valence-corrected chi connectivity index (χ2v) is 1.52. The molecule has 2 heteroatoms. The third-order valence-electron chi connectivity index (χ3n) is 0.858. The van der Waals surface area contributed by atoms with Crippen LogP contribution < -0.4 is 0 Å². The van der Waals surface area contributed by atoms with Gasteiger partial charge in [0.25, 0.3) is 0 Å². The van der Waals surface area contributed by atoms with Crippen molar-refractivity contribution in [2.24, 2.45) is 0 Å². The molecule has 0 N–H and O–H groups in total. The van der Waals surface area contributed by atoms with Crippen LogP contribution in [0.15, 0.2) is 0 Å². The molecule has 1 fully saturated rings. The molecular formula is C4H8BO. The van der Waals surface area contributed by atoms with Crippen molar-refractivity contribution < 1.29 is 4.74 Å². The zero-order valence-electron chi connectivity index (χ0n) is 3.98. The maximum Gasteiger partial charge on any atom is 0.152 e. The zero-order valence-corrected chi connectivity index (χ0v) is 3.98. The second kappa shape index (κ2) is 1.65. The van der Waals surface area contributed by atoms with Crippen LogP contribution in [-0.4, -0.2) is 19.9 Å². The van der Waals surface area contributed by atoms with E-state index < -0.39 is 0 Å². The molecule has 0 aromatic rings. The molecular weight excluding hydrogens is 74.9 g/mol. The lowest BCUT2D eigenvalue weighted by atomic mass is 9.72. The second-order valence-electron chi connectivity index (χ2n) is 1.52. The van der Waals surface area contributed by atoms with Gasteiger partial charge in [-0.2, -0.15) is 0 Å². The SMILES string of the molecule is CC[B]C1CO1. The summed E-state index contributed by atoms with van der Waals surface area (Å²) >= 11 is 0. The third kappa shape index (κ3) is 1.01. The summed E-state index contributed by atoms with van der Waals surface area (Å²) in [7, 11) is 2.18. The number of ether oxygens (including phenoxy) is 1. The molecule has 0 aromatic heterocycles. The maximum atomic E-state index is 4.89. The van der Waals surface area contributed by atoms with E-state index >= 15 is 0 Å². The van der Waals surface area contributed by atoms with E-state index in [1.54, 1.807) is 0 Å². The summed E-state index contributed by atoms with van der Waals surface area (Å²) in [6.07, 6.45) is 1.14. The van der Waals surface area contributed by atoms with Gasteiger partial charge < -0.3 is 4.74 Å². The van der Waals surface area contributed by atoms with Crippen molar-refractivity contribution in [2.45, 2.75) is 19.2 Å². The number of hydrogen-bond acceptors (Lipinski definition) is 1. The molecule has 6 heavy (non-hydrogen) atoms. The van der Waals surface area contributed by atoms with E-state index in [2.05, 4.69) is 14.2 Å². The van der Waals surface area contributed by atoms with Crippen LogP contribution in [0.2, 0.25) is 6.32 Å². The van der Waals surface area contributed by atoms with E-state index in [4.69, 9.17) is 4.74 Å². The Kier molecular flexibility index (Phi) is 1.15. The van der Waals surface area contributed by atoms with Crippen LogP contribution in [-0.2, 0) is 4.74 Å². The summed E-state index contributed by atoms with van der Waals surface area (Å²) < 4.78 is 4.89. The Morgan fingerprint density at radius 1 is 2.00 bits per heavy atom. The van der Waals surface area contributed by atoms with E-state index in [0.29, 0.717) is 6.00 Å². The average Bonchev–Trinajstić information content (AvgIpc) is 2.21. The highest BCUT2D eigenvalue weighted by atomic mass is 16.6. The fourth-order valence-electron chi connectivity index (χ4n) is 0.455. The highest BCUT2D eigenvalue weighted by molar-refractivity contribution is 6.38. The summed E-state index contributed by atoms with van der Waals surface area (Å²) in [5, 5.41) is 0.